The van der Waals surface area contributed by atoms with Crippen molar-refractivity contribution in [1.82, 2.24) is 9.97 Å². The lowest BCUT2D eigenvalue weighted by atomic mass is 10.2. The Labute approximate surface area is 97.7 Å². The molecule has 1 fully saturated rings. The highest BCUT2D eigenvalue weighted by atomic mass is 127. The van der Waals surface area contributed by atoms with Gasteiger partial charge in [-0.15, -0.1) is 0 Å². The summed E-state index contributed by atoms with van der Waals surface area (Å²) in [4.78, 5) is 8.92. The van der Waals surface area contributed by atoms with Crippen LogP contribution in [0.2, 0.25) is 0 Å². The molecule has 1 saturated carbocycles. The molecule has 0 bridgehead atoms. The Kier molecular flexibility index (Phi) is 2.90. The van der Waals surface area contributed by atoms with Crippen molar-refractivity contribution in [2.75, 3.05) is 5.73 Å². The highest BCUT2D eigenvalue weighted by Crippen LogP contribution is 2.38. The van der Waals surface area contributed by atoms with Crippen LogP contribution in [-0.4, -0.2) is 9.97 Å². The standard InChI is InChI=1S/C10H14IN3/c1-2-3-7-8(11)9(12)14-10(13-7)6-4-5-6/h6H,2-5H2,1H3,(H2,12,13,14). The molecule has 0 aliphatic heterocycles. The molecule has 2 N–H and O–H groups in total. The number of aryl methyl sites for hydroxylation is 1. The first-order chi connectivity index (χ1) is 6.72. The summed E-state index contributed by atoms with van der Waals surface area (Å²) in [6.07, 6.45) is 4.57. The van der Waals surface area contributed by atoms with E-state index in [1.165, 1.54) is 12.8 Å². The molecule has 1 heterocycles. The van der Waals surface area contributed by atoms with Crippen molar-refractivity contribution in [3.05, 3.63) is 15.1 Å². The van der Waals surface area contributed by atoms with Crippen LogP contribution in [0, 0.1) is 3.57 Å². The second-order valence-electron chi connectivity index (χ2n) is 3.75. The minimum Gasteiger partial charge on any atom is -0.383 e. The predicted molar refractivity (Wildman–Crippen MR) is 65.1 cm³/mol. The van der Waals surface area contributed by atoms with E-state index in [1.54, 1.807) is 0 Å². The highest BCUT2D eigenvalue weighted by Gasteiger charge is 2.27. The highest BCUT2D eigenvalue weighted by molar-refractivity contribution is 14.1. The van der Waals surface area contributed by atoms with Crippen molar-refractivity contribution in [2.45, 2.75) is 38.5 Å². The van der Waals surface area contributed by atoms with Gasteiger partial charge in [-0.05, 0) is 41.9 Å². The van der Waals surface area contributed by atoms with Crippen LogP contribution in [0.25, 0.3) is 0 Å². The second-order valence-corrected chi connectivity index (χ2v) is 4.83. The lowest BCUT2D eigenvalue weighted by molar-refractivity contribution is 0.824. The first kappa shape index (κ1) is 10.1. The van der Waals surface area contributed by atoms with Crippen LogP contribution < -0.4 is 5.73 Å². The third-order valence-electron chi connectivity index (χ3n) is 2.39. The van der Waals surface area contributed by atoms with Gasteiger partial charge in [-0.25, -0.2) is 9.97 Å². The fraction of sp³-hybridized carbons (Fsp3) is 0.600. The number of nitrogens with zero attached hydrogens (tertiary/aromatic N) is 2. The number of rotatable bonds is 3. The van der Waals surface area contributed by atoms with Crippen LogP contribution in [0.1, 0.15) is 43.6 Å². The van der Waals surface area contributed by atoms with Gasteiger partial charge in [0.15, 0.2) is 0 Å². The van der Waals surface area contributed by atoms with Crippen LogP contribution in [0.3, 0.4) is 0 Å². The maximum Gasteiger partial charge on any atom is 0.140 e. The molecule has 0 atom stereocenters. The average Bonchev–Trinajstić information content (AvgIpc) is 2.96. The Bertz CT molecular complexity index is 347. The molecule has 0 amide bonds. The van der Waals surface area contributed by atoms with Gasteiger partial charge in [0, 0.05) is 5.92 Å². The molecule has 4 heteroatoms. The summed E-state index contributed by atoms with van der Waals surface area (Å²) in [6.45, 7) is 2.16. The first-order valence-electron chi connectivity index (χ1n) is 5.04. The van der Waals surface area contributed by atoms with Gasteiger partial charge in [0.05, 0.1) is 9.26 Å². The molecule has 1 aromatic heterocycles. The van der Waals surface area contributed by atoms with E-state index in [9.17, 15) is 0 Å². The predicted octanol–water partition coefficient (Wildman–Crippen LogP) is 2.49. The maximum atomic E-state index is 5.86. The van der Waals surface area contributed by atoms with E-state index in [4.69, 9.17) is 5.73 Å². The van der Waals surface area contributed by atoms with E-state index in [0.717, 1.165) is 27.9 Å². The van der Waals surface area contributed by atoms with Crippen LogP contribution in [-0.2, 0) is 6.42 Å². The monoisotopic (exact) mass is 303 g/mol. The normalized spacial score (nSPS) is 15.9. The molecule has 3 nitrogen and oxygen atoms in total. The molecule has 0 unspecified atom stereocenters. The summed E-state index contributed by atoms with van der Waals surface area (Å²) in [5.74, 6) is 2.21. The number of halogens is 1. The largest absolute Gasteiger partial charge is 0.383 e. The summed E-state index contributed by atoms with van der Waals surface area (Å²) in [5.41, 5.74) is 6.99. The quantitative estimate of drug-likeness (QED) is 0.873. The van der Waals surface area contributed by atoms with E-state index in [-0.39, 0.29) is 0 Å². The lowest BCUT2D eigenvalue weighted by Crippen LogP contribution is -2.06. The maximum absolute atomic E-state index is 5.86. The molecular weight excluding hydrogens is 289 g/mol. The van der Waals surface area contributed by atoms with Crippen molar-refractivity contribution >= 4 is 28.4 Å². The molecule has 1 aliphatic rings. The van der Waals surface area contributed by atoms with Crippen molar-refractivity contribution in [1.29, 1.82) is 0 Å². The minimum atomic E-state index is 0.588. The van der Waals surface area contributed by atoms with E-state index >= 15 is 0 Å². The molecule has 0 radical (unpaired) electrons. The zero-order chi connectivity index (χ0) is 10.1. The summed E-state index contributed by atoms with van der Waals surface area (Å²) in [7, 11) is 0. The Hall–Kier alpha value is -0.390. The molecule has 1 aromatic rings. The molecule has 76 valence electrons. The molecule has 2 rings (SSSR count). The number of aromatic nitrogens is 2. The number of nitrogens with two attached hydrogens (primary N) is 1. The van der Waals surface area contributed by atoms with Gasteiger partial charge >= 0.3 is 0 Å². The van der Waals surface area contributed by atoms with E-state index in [1.807, 2.05) is 0 Å². The smallest absolute Gasteiger partial charge is 0.140 e. The van der Waals surface area contributed by atoms with Crippen LogP contribution in [0.4, 0.5) is 5.82 Å². The van der Waals surface area contributed by atoms with Crippen LogP contribution in [0.5, 0.6) is 0 Å². The summed E-state index contributed by atoms with van der Waals surface area (Å²) >= 11 is 2.24. The van der Waals surface area contributed by atoms with Gasteiger partial charge in [-0.1, -0.05) is 13.3 Å². The summed E-state index contributed by atoms with van der Waals surface area (Å²) in [6, 6.07) is 0. The van der Waals surface area contributed by atoms with Gasteiger partial charge in [0.25, 0.3) is 0 Å². The number of hydrogen-bond acceptors (Lipinski definition) is 3. The third-order valence-corrected chi connectivity index (χ3v) is 3.57. The lowest BCUT2D eigenvalue weighted by Gasteiger charge is -2.07. The SMILES string of the molecule is CCCc1nc(C2CC2)nc(N)c1I. The summed E-state index contributed by atoms with van der Waals surface area (Å²) < 4.78 is 1.04. The molecule has 0 aromatic carbocycles. The Balaban J connectivity index is 2.35. The summed E-state index contributed by atoms with van der Waals surface area (Å²) in [5, 5.41) is 0. The fourth-order valence-corrected chi connectivity index (χ4v) is 1.97. The van der Waals surface area contributed by atoms with Gasteiger partial charge in [0.1, 0.15) is 11.6 Å². The molecule has 0 spiro atoms. The van der Waals surface area contributed by atoms with Crippen LogP contribution >= 0.6 is 22.6 Å². The van der Waals surface area contributed by atoms with Crippen LogP contribution in [0.15, 0.2) is 0 Å². The van der Waals surface area contributed by atoms with Gasteiger partial charge in [0.2, 0.25) is 0 Å². The van der Waals surface area contributed by atoms with Gasteiger partial charge in [-0.3, -0.25) is 0 Å². The number of hydrogen-bond donors (Lipinski definition) is 1. The van der Waals surface area contributed by atoms with Crippen molar-refractivity contribution in [3.63, 3.8) is 0 Å². The first-order valence-corrected chi connectivity index (χ1v) is 6.12. The van der Waals surface area contributed by atoms with Crippen molar-refractivity contribution < 1.29 is 0 Å². The second kappa shape index (κ2) is 4.00. The van der Waals surface area contributed by atoms with E-state index in [0.29, 0.717) is 11.7 Å². The van der Waals surface area contributed by atoms with Crippen molar-refractivity contribution in [3.8, 4) is 0 Å². The molecule has 0 saturated heterocycles. The van der Waals surface area contributed by atoms with Gasteiger partial charge < -0.3 is 5.73 Å². The van der Waals surface area contributed by atoms with Gasteiger partial charge in [-0.2, -0.15) is 0 Å². The molecular formula is C10H14IN3. The number of anilines is 1. The third kappa shape index (κ3) is 1.99. The zero-order valence-corrected chi connectivity index (χ0v) is 10.4. The Morgan fingerprint density at radius 2 is 2.14 bits per heavy atom. The Morgan fingerprint density at radius 3 is 2.71 bits per heavy atom. The molecule has 1 aliphatic carbocycles. The van der Waals surface area contributed by atoms with Crippen molar-refractivity contribution in [2.24, 2.45) is 0 Å². The average molecular weight is 303 g/mol. The topological polar surface area (TPSA) is 51.8 Å². The Morgan fingerprint density at radius 1 is 1.43 bits per heavy atom. The minimum absolute atomic E-state index is 0.588. The fourth-order valence-electron chi connectivity index (χ4n) is 1.46. The zero-order valence-electron chi connectivity index (χ0n) is 8.26. The number of nitrogen functional groups attached to an aromatic ring is 1. The molecule has 14 heavy (non-hydrogen) atoms. The van der Waals surface area contributed by atoms with E-state index in [2.05, 4.69) is 39.5 Å². The van der Waals surface area contributed by atoms with E-state index < -0.39 is 0 Å².